The van der Waals surface area contributed by atoms with Gasteiger partial charge in [0.05, 0.1) is 11.4 Å². The quantitative estimate of drug-likeness (QED) is 0.203. The number of benzene rings is 1. The molecule has 1 aliphatic heterocycles. The molecular weight excluding hydrogens is 542 g/mol. The normalized spacial score (nSPS) is 14.9. The maximum atomic E-state index is 13.9. The summed E-state index contributed by atoms with van der Waals surface area (Å²) < 4.78 is 52.2. The van der Waals surface area contributed by atoms with Gasteiger partial charge in [-0.1, -0.05) is 22.8 Å². The number of nitrogens with zero attached hydrogens (tertiary/aromatic N) is 5. The summed E-state index contributed by atoms with van der Waals surface area (Å²) in [5, 5.41) is 6.29. The Hall–Kier alpha value is -3.71. The number of likely N-dealkylation sites (tertiary alicyclic amines) is 1. The zero-order chi connectivity index (χ0) is 27.4. The first-order chi connectivity index (χ1) is 18.0. The Morgan fingerprint density at radius 2 is 1.87 bits per heavy atom. The standard InChI is InChI=1S/C24H23ClF2N6O4S/c1-14(32-37-16-6-9-28-20(25)12-16)17-13-29-23(38(2,35)36)30-21(17)15-7-10-33(11-8-15)24(34)31-22-18(26)4-3-5-19(22)27/h3-6,9,12-13,15H,7-8,10-11H2,1-2H3,(H,31,34)/b32-14-. The maximum Gasteiger partial charge on any atom is 0.322 e. The molecule has 1 aliphatic rings. The van der Waals surface area contributed by atoms with Crippen molar-refractivity contribution >= 4 is 38.9 Å². The van der Waals surface area contributed by atoms with E-state index in [0.29, 0.717) is 35.6 Å². The second-order valence-corrected chi connectivity index (χ2v) is 10.9. The summed E-state index contributed by atoms with van der Waals surface area (Å²) in [6.45, 7) is 2.15. The van der Waals surface area contributed by atoms with Crippen LogP contribution in [0.5, 0.6) is 5.75 Å². The number of urea groups is 1. The first-order valence-electron chi connectivity index (χ1n) is 11.4. The number of sulfone groups is 1. The Morgan fingerprint density at radius 3 is 2.50 bits per heavy atom. The molecule has 0 spiro atoms. The van der Waals surface area contributed by atoms with Gasteiger partial charge in [0.1, 0.15) is 22.5 Å². The van der Waals surface area contributed by atoms with Crippen molar-refractivity contribution in [2.75, 3.05) is 24.7 Å². The van der Waals surface area contributed by atoms with Crippen LogP contribution in [0.2, 0.25) is 5.15 Å². The maximum absolute atomic E-state index is 13.9. The minimum Gasteiger partial charge on any atom is -0.357 e. The smallest absolute Gasteiger partial charge is 0.322 e. The summed E-state index contributed by atoms with van der Waals surface area (Å²) in [7, 11) is -3.69. The van der Waals surface area contributed by atoms with Gasteiger partial charge in [0.25, 0.3) is 0 Å². The number of rotatable bonds is 6. The van der Waals surface area contributed by atoms with Crippen LogP contribution in [0.1, 0.15) is 36.9 Å². The minimum absolute atomic E-state index is 0.227. The average molecular weight is 565 g/mol. The van der Waals surface area contributed by atoms with Gasteiger partial charge >= 0.3 is 6.03 Å². The van der Waals surface area contributed by atoms with Gasteiger partial charge in [-0.05, 0) is 31.9 Å². The summed E-state index contributed by atoms with van der Waals surface area (Å²) >= 11 is 5.87. The van der Waals surface area contributed by atoms with Crippen LogP contribution in [-0.4, -0.2) is 59.4 Å². The van der Waals surface area contributed by atoms with E-state index < -0.39 is 33.2 Å². The SMILES string of the molecule is C/C(=N/Oc1ccnc(Cl)c1)c1cnc(S(C)(=O)=O)nc1C1CCN(C(=O)Nc2c(F)cccc2F)CC1. The molecule has 10 nitrogen and oxygen atoms in total. The molecule has 38 heavy (non-hydrogen) atoms. The van der Waals surface area contributed by atoms with Gasteiger partial charge in [-0.2, -0.15) is 0 Å². The first-order valence-corrected chi connectivity index (χ1v) is 13.7. The highest BCUT2D eigenvalue weighted by Crippen LogP contribution is 2.31. The van der Waals surface area contributed by atoms with Gasteiger partial charge in [0.2, 0.25) is 15.0 Å². The molecule has 0 unspecified atom stereocenters. The molecule has 0 bridgehead atoms. The molecule has 1 N–H and O–H groups in total. The fraction of sp³-hybridized carbons (Fsp3) is 0.292. The van der Waals surface area contributed by atoms with Crippen molar-refractivity contribution in [3.8, 4) is 5.75 Å². The number of pyridine rings is 1. The van der Waals surface area contributed by atoms with E-state index in [2.05, 4.69) is 25.4 Å². The molecular formula is C24H23ClF2N6O4S. The number of anilines is 1. The molecule has 200 valence electrons. The predicted octanol–water partition coefficient (Wildman–Crippen LogP) is 4.42. The molecule has 3 aromatic rings. The third kappa shape index (κ3) is 6.40. The van der Waals surface area contributed by atoms with Crippen molar-refractivity contribution in [1.82, 2.24) is 19.9 Å². The molecule has 0 saturated carbocycles. The first kappa shape index (κ1) is 27.3. The number of piperidine rings is 1. The second-order valence-electron chi connectivity index (χ2n) is 8.59. The third-order valence-corrected chi connectivity index (χ3v) is 6.93. The van der Waals surface area contributed by atoms with Crippen molar-refractivity contribution in [3.05, 3.63) is 70.8 Å². The number of carbonyl (C=O) groups is 1. The molecule has 0 atom stereocenters. The summed E-state index contributed by atoms with van der Waals surface area (Å²) in [6.07, 6.45) is 4.67. The van der Waals surface area contributed by atoms with Crippen LogP contribution in [0, 0.1) is 11.6 Å². The Morgan fingerprint density at radius 1 is 1.18 bits per heavy atom. The lowest BCUT2D eigenvalue weighted by Gasteiger charge is -2.32. The van der Waals surface area contributed by atoms with Crippen molar-refractivity contribution in [2.24, 2.45) is 5.16 Å². The minimum atomic E-state index is -3.69. The molecule has 1 fully saturated rings. The van der Waals surface area contributed by atoms with Gasteiger partial charge in [0.15, 0.2) is 5.75 Å². The van der Waals surface area contributed by atoms with Gasteiger partial charge in [-0.25, -0.2) is 36.9 Å². The number of carbonyl (C=O) groups excluding carboxylic acids is 1. The molecule has 0 radical (unpaired) electrons. The fourth-order valence-corrected chi connectivity index (χ4v) is 4.59. The van der Waals surface area contributed by atoms with Crippen molar-refractivity contribution in [2.45, 2.75) is 30.8 Å². The average Bonchev–Trinajstić information content (AvgIpc) is 2.88. The lowest BCUT2D eigenvalue weighted by atomic mass is 9.90. The molecule has 2 amide bonds. The number of oxime groups is 1. The highest BCUT2D eigenvalue weighted by atomic mass is 35.5. The van der Waals surface area contributed by atoms with Gasteiger partial charge in [-0.3, -0.25) is 0 Å². The molecule has 3 heterocycles. The summed E-state index contributed by atoms with van der Waals surface area (Å²) in [5.74, 6) is -1.65. The number of para-hydroxylation sites is 1. The van der Waals surface area contributed by atoms with Crippen molar-refractivity contribution in [3.63, 3.8) is 0 Å². The van der Waals surface area contributed by atoms with E-state index in [1.807, 2.05) is 0 Å². The highest BCUT2D eigenvalue weighted by molar-refractivity contribution is 7.90. The Balaban J connectivity index is 1.54. The van der Waals surface area contributed by atoms with Crippen molar-refractivity contribution in [1.29, 1.82) is 0 Å². The molecule has 0 aliphatic carbocycles. The van der Waals surface area contributed by atoms with E-state index in [1.165, 1.54) is 29.4 Å². The van der Waals surface area contributed by atoms with Gasteiger partial charge < -0.3 is 15.1 Å². The van der Waals surface area contributed by atoms with Gasteiger partial charge in [0, 0.05) is 55.4 Å². The number of hydrogen-bond acceptors (Lipinski definition) is 8. The van der Waals surface area contributed by atoms with E-state index >= 15 is 0 Å². The van der Waals surface area contributed by atoms with Crippen LogP contribution < -0.4 is 10.2 Å². The second kappa shape index (κ2) is 11.4. The van der Waals surface area contributed by atoms with Crippen LogP contribution in [0.3, 0.4) is 0 Å². The lowest BCUT2D eigenvalue weighted by molar-refractivity contribution is 0.193. The Labute approximate surface area is 222 Å². The van der Waals surface area contributed by atoms with Crippen LogP contribution in [0.15, 0.2) is 53.0 Å². The van der Waals surface area contributed by atoms with Crippen molar-refractivity contribution < 1.29 is 26.8 Å². The Bertz CT molecular complexity index is 1480. The van der Waals surface area contributed by atoms with Crippen LogP contribution in [0.4, 0.5) is 19.3 Å². The van der Waals surface area contributed by atoms with Crippen LogP contribution >= 0.6 is 11.6 Å². The van der Waals surface area contributed by atoms with E-state index in [1.54, 1.807) is 13.0 Å². The number of nitrogens with one attached hydrogen (secondary N) is 1. The molecule has 14 heteroatoms. The summed E-state index contributed by atoms with van der Waals surface area (Å²) in [6, 6.07) is 5.72. The van der Waals surface area contributed by atoms with Crippen LogP contribution in [0.25, 0.3) is 0 Å². The summed E-state index contributed by atoms with van der Waals surface area (Å²) in [4.78, 5) is 31.7. The summed E-state index contributed by atoms with van der Waals surface area (Å²) in [5.41, 5.74) is 0.799. The highest BCUT2D eigenvalue weighted by Gasteiger charge is 2.29. The monoisotopic (exact) mass is 564 g/mol. The molecule has 4 rings (SSSR count). The van der Waals surface area contributed by atoms with E-state index in [-0.39, 0.29) is 29.3 Å². The topological polar surface area (TPSA) is 127 Å². The van der Waals surface area contributed by atoms with E-state index in [0.717, 1.165) is 18.4 Å². The van der Waals surface area contributed by atoms with E-state index in [9.17, 15) is 22.0 Å². The number of amides is 2. The lowest BCUT2D eigenvalue weighted by Crippen LogP contribution is -2.41. The fourth-order valence-electron chi connectivity index (χ4n) is 3.92. The number of hydrogen-bond donors (Lipinski definition) is 1. The van der Waals surface area contributed by atoms with E-state index in [4.69, 9.17) is 16.4 Å². The molecule has 1 saturated heterocycles. The predicted molar refractivity (Wildman–Crippen MR) is 136 cm³/mol. The number of halogens is 3. The van der Waals surface area contributed by atoms with Crippen LogP contribution in [-0.2, 0) is 9.84 Å². The number of aromatic nitrogens is 3. The van der Waals surface area contributed by atoms with Gasteiger partial charge in [-0.15, -0.1) is 0 Å². The third-order valence-electron chi connectivity index (χ3n) is 5.87. The zero-order valence-electron chi connectivity index (χ0n) is 20.4. The zero-order valence-corrected chi connectivity index (χ0v) is 21.9. The largest absolute Gasteiger partial charge is 0.357 e. The molecule has 2 aromatic heterocycles. The molecule has 1 aromatic carbocycles. The Kier molecular flexibility index (Phi) is 8.17.